The summed E-state index contributed by atoms with van der Waals surface area (Å²) in [5.41, 5.74) is 0. The van der Waals surface area contributed by atoms with Gasteiger partial charge in [0.2, 0.25) is 0 Å². The Kier molecular flexibility index (Phi) is 35.1. The van der Waals surface area contributed by atoms with Crippen LogP contribution in [0.5, 0.6) is 0 Å². The van der Waals surface area contributed by atoms with Crippen LogP contribution < -0.4 is 0 Å². The topological polar surface area (TPSA) is 140 Å². The first-order chi connectivity index (χ1) is 25.7. The third kappa shape index (κ3) is 40.0. The zero-order valence-corrected chi connectivity index (χ0v) is 33.4. The fraction of sp³-hybridized carbons (Fsp3) is 0.581. The van der Waals surface area contributed by atoms with Crippen LogP contribution in [0, 0.1) is 0 Å². The zero-order valence-electron chi connectivity index (χ0n) is 32.5. The molecule has 53 heavy (non-hydrogen) atoms. The summed E-state index contributed by atoms with van der Waals surface area (Å²) >= 11 is 0. The maximum absolute atomic E-state index is 12.4. The predicted octanol–water partition coefficient (Wildman–Crippen LogP) is 10.8. The number of hydrogen-bond acceptors (Lipinski definition) is 7. The number of esters is 2. The second kappa shape index (κ2) is 37.3. The van der Waals surface area contributed by atoms with Gasteiger partial charge in [-0.25, -0.2) is 4.57 Å². The van der Waals surface area contributed by atoms with Gasteiger partial charge in [-0.15, -0.1) is 0 Å². The Hall–Kier alpha value is -3.07. The number of allylic oxidation sites excluding steroid dienone is 15. The molecule has 0 heterocycles. The normalized spacial score (nSPS) is 14.1. The fourth-order valence-corrected chi connectivity index (χ4v) is 5.03. The number of phosphoric acid groups is 1. The maximum atomic E-state index is 12.4. The van der Waals surface area contributed by atoms with Gasteiger partial charge in [0.25, 0.3) is 0 Å². The number of carbonyl (C=O) groups excluding carboxylic acids is 2. The Labute approximate surface area is 320 Å². The van der Waals surface area contributed by atoms with E-state index in [0.717, 1.165) is 64.2 Å². The molecule has 0 aliphatic rings. The molecule has 0 aromatic heterocycles. The van der Waals surface area contributed by atoms with Gasteiger partial charge < -0.3 is 24.4 Å². The molecule has 0 amide bonds. The molecule has 0 aliphatic heterocycles. The van der Waals surface area contributed by atoms with Crippen molar-refractivity contribution in [2.24, 2.45) is 0 Å². The van der Waals surface area contributed by atoms with E-state index in [1.165, 1.54) is 19.3 Å². The monoisotopic (exact) mass is 760 g/mol. The first-order valence-electron chi connectivity index (χ1n) is 19.6. The molecule has 10 heteroatoms. The first kappa shape index (κ1) is 49.9. The minimum Gasteiger partial charge on any atom is -0.462 e. The largest absolute Gasteiger partial charge is 0.469 e. The summed E-state index contributed by atoms with van der Waals surface area (Å²) < 4.78 is 26.2. The van der Waals surface area contributed by atoms with E-state index < -0.39 is 32.5 Å². The summed E-state index contributed by atoms with van der Waals surface area (Å²) in [5.74, 6) is -1.05. The van der Waals surface area contributed by atoms with E-state index in [2.05, 4.69) is 85.2 Å². The number of phosphoric ester groups is 1. The molecule has 3 N–H and O–H groups in total. The Balaban J connectivity index is 4.21. The van der Waals surface area contributed by atoms with Gasteiger partial charge in [-0.05, 0) is 83.5 Å². The van der Waals surface area contributed by atoms with Gasteiger partial charge in [-0.1, -0.05) is 137 Å². The molecule has 2 atom stereocenters. The smallest absolute Gasteiger partial charge is 0.462 e. The first-order valence-corrected chi connectivity index (χ1v) is 21.2. The van der Waals surface area contributed by atoms with Gasteiger partial charge in [0.05, 0.1) is 12.7 Å². The van der Waals surface area contributed by atoms with E-state index >= 15 is 0 Å². The van der Waals surface area contributed by atoms with Gasteiger partial charge in [-0.3, -0.25) is 14.1 Å². The molecule has 0 unspecified atom stereocenters. The van der Waals surface area contributed by atoms with Crippen molar-refractivity contribution < 1.29 is 43.0 Å². The Bertz CT molecular complexity index is 1190. The van der Waals surface area contributed by atoms with Crippen molar-refractivity contribution in [3.63, 3.8) is 0 Å². The summed E-state index contributed by atoms with van der Waals surface area (Å²) in [5, 5.41) is 9.78. The lowest BCUT2D eigenvalue weighted by Crippen LogP contribution is -2.29. The number of unbranched alkanes of at least 4 members (excludes halogenated alkanes) is 6. The predicted molar refractivity (Wildman–Crippen MR) is 217 cm³/mol. The van der Waals surface area contributed by atoms with Gasteiger partial charge in [0, 0.05) is 12.8 Å². The van der Waals surface area contributed by atoms with Crippen LogP contribution in [0.2, 0.25) is 0 Å². The SMILES string of the molecule is CCCCC/C=C\C/C=C\C/C=C\C/C=C\CCCC(=O)OC[C@H](COP(=O)(O)O)OC(=O)CCC/C=C\C/C=C\C/C=C\C/C=C\[C@H](O)CCCC. The molecule has 0 bridgehead atoms. The van der Waals surface area contributed by atoms with Gasteiger partial charge in [0.15, 0.2) is 6.10 Å². The van der Waals surface area contributed by atoms with Crippen LogP contribution in [0.15, 0.2) is 97.2 Å². The summed E-state index contributed by atoms with van der Waals surface area (Å²) in [4.78, 5) is 42.7. The maximum Gasteiger partial charge on any atom is 0.469 e. The molecule has 0 aliphatic carbocycles. The van der Waals surface area contributed by atoms with E-state index in [4.69, 9.17) is 19.3 Å². The summed E-state index contributed by atoms with van der Waals surface area (Å²) in [6.07, 6.45) is 47.6. The van der Waals surface area contributed by atoms with Crippen molar-refractivity contribution >= 4 is 19.8 Å². The molecule has 0 saturated heterocycles. The summed E-state index contributed by atoms with van der Waals surface area (Å²) in [7, 11) is -4.80. The number of carbonyl (C=O) groups is 2. The van der Waals surface area contributed by atoms with E-state index in [0.29, 0.717) is 25.7 Å². The molecule has 0 saturated carbocycles. The molecule has 0 aromatic rings. The van der Waals surface area contributed by atoms with Crippen LogP contribution in [-0.4, -0.2) is 52.3 Å². The molecule has 300 valence electrons. The fourth-order valence-electron chi connectivity index (χ4n) is 4.67. The molecule has 0 aromatic carbocycles. The van der Waals surface area contributed by atoms with Crippen LogP contribution in [0.25, 0.3) is 0 Å². The number of rotatable bonds is 34. The highest BCUT2D eigenvalue weighted by molar-refractivity contribution is 7.46. The van der Waals surface area contributed by atoms with Gasteiger partial charge >= 0.3 is 19.8 Å². The van der Waals surface area contributed by atoms with Crippen molar-refractivity contribution in [3.8, 4) is 0 Å². The molecular weight excluding hydrogens is 691 g/mol. The number of aliphatic hydroxyl groups excluding tert-OH is 1. The molecule has 0 fully saturated rings. The van der Waals surface area contributed by atoms with Crippen molar-refractivity contribution in [3.05, 3.63) is 97.2 Å². The van der Waals surface area contributed by atoms with Crippen LogP contribution >= 0.6 is 7.82 Å². The summed E-state index contributed by atoms with van der Waals surface area (Å²) in [6.45, 7) is 3.38. The second-order valence-electron chi connectivity index (χ2n) is 12.7. The van der Waals surface area contributed by atoms with Crippen LogP contribution in [0.4, 0.5) is 0 Å². The summed E-state index contributed by atoms with van der Waals surface area (Å²) in [6, 6.07) is 0. The van der Waals surface area contributed by atoms with E-state index in [1.807, 2.05) is 30.4 Å². The van der Waals surface area contributed by atoms with Crippen molar-refractivity contribution in [2.45, 2.75) is 148 Å². The minimum atomic E-state index is -4.80. The second-order valence-corrected chi connectivity index (χ2v) is 14.0. The molecular formula is C43H69O9P. The molecule has 0 rings (SSSR count). The average Bonchev–Trinajstić information content (AvgIpc) is 3.12. The highest BCUT2D eigenvalue weighted by Gasteiger charge is 2.22. The highest BCUT2D eigenvalue weighted by Crippen LogP contribution is 2.35. The van der Waals surface area contributed by atoms with Gasteiger partial charge in [0.1, 0.15) is 6.61 Å². The quantitative estimate of drug-likeness (QED) is 0.0253. The third-order valence-corrected chi connectivity index (χ3v) is 8.13. The van der Waals surface area contributed by atoms with Crippen molar-refractivity contribution in [2.75, 3.05) is 13.2 Å². The number of hydrogen-bond donors (Lipinski definition) is 3. The number of ether oxygens (including phenoxy) is 2. The average molecular weight is 761 g/mol. The lowest BCUT2D eigenvalue weighted by Gasteiger charge is -2.18. The van der Waals surface area contributed by atoms with Gasteiger partial charge in [-0.2, -0.15) is 0 Å². The molecule has 0 spiro atoms. The van der Waals surface area contributed by atoms with Crippen LogP contribution in [0.3, 0.4) is 0 Å². The Morgan fingerprint density at radius 3 is 1.47 bits per heavy atom. The standard InChI is InChI=1S/C43H69O9P/c1-3-5-7-8-9-10-11-12-13-14-15-16-20-23-26-29-32-36-42(45)50-38-41(39-51-53(47,48)49)52-43(46)37-33-30-27-24-21-18-17-19-22-25-28-31-35-40(44)34-6-4-2/h9-10,12-13,15-18,22-27,31,35,40-41,44H,3-8,11,14,19-21,28-30,32-34,36-39H2,1-2H3,(H2,47,48,49)/b10-9-,13-12-,16-15-,18-17-,25-22-,26-23-,27-24-,35-31-/t40-,41-/m1/s1. The zero-order chi connectivity index (χ0) is 39.1. The van der Waals surface area contributed by atoms with E-state index in [9.17, 15) is 19.3 Å². The van der Waals surface area contributed by atoms with E-state index in [1.54, 1.807) is 0 Å². The van der Waals surface area contributed by atoms with Crippen molar-refractivity contribution in [1.82, 2.24) is 0 Å². The van der Waals surface area contributed by atoms with E-state index in [-0.39, 0.29) is 25.6 Å². The number of aliphatic hydroxyl groups is 1. The lowest BCUT2D eigenvalue weighted by molar-refractivity contribution is -0.161. The van der Waals surface area contributed by atoms with Crippen molar-refractivity contribution in [1.29, 1.82) is 0 Å². The minimum absolute atomic E-state index is 0.102. The van der Waals surface area contributed by atoms with Crippen LogP contribution in [-0.2, 0) is 28.2 Å². The molecule has 9 nitrogen and oxygen atoms in total. The lowest BCUT2D eigenvalue weighted by atomic mass is 10.1. The molecule has 0 radical (unpaired) electrons. The Morgan fingerprint density at radius 1 is 0.566 bits per heavy atom. The van der Waals surface area contributed by atoms with Crippen LogP contribution in [0.1, 0.15) is 136 Å². The highest BCUT2D eigenvalue weighted by atomic mass is 31.2. The third-order valence-electron chi connectivity index (χ3n) is 7.65. The Morgan fingerprint density at radius 2 is 1.00 bits per heavy atom.